The predicted molar refractivity (Wildman–Crippen MR) is 196 cm³/mol. The van der Waals surface area contributed by atoms with Crippen LogP contribution < -0.4 is 5.32 Å². The highest BCUT2D eigenvalue weighted by Crippen LogP contribution is 2.32. The minimum Gasteiger partial charge on any atom is -0.324 e. The standard InChI is InChI=1S/C43H33N5/c1-3-13-30(14-4-1)32-17-11-19-34(25-32)41-46-42(35-20-12-18-33(26-35)31-15-5-2-6-16-31)48-43(47-41)38-28-36(39-21-7-9-23-44-39)27-37(29-38)40-22-8-10-24-45-40/h1-15,17-29,31,41H,16H2,(H,46,47,48). The van der Waals surface area contributed by atoms with E-state index in [2.05, 4.69) is 131 Å². The summed E-state index contributed by atoms with van der Waals surface area (Å²) in [5.41, 5.74) is 10.3. The number of nitrogens with zero attached hydrogens (tertiary/aromatic N) is 4. The van der Waals surface area contributed by atoms with Crippen LogP contribution in [0.4, 0.5) is 0 Å². The first kappa shape index (κ1) is 29.2. The van der Waals surface area contributed by atoms with Crippen LogP contribution in [0.1, 0.15) is 40.8 Å². The fraction of sp³-hybridized carbons (Fsp3) is 0.0698. The van der Waals surface area contributed by atoms with E-state index >= 15 is 0 Å². The Bertz CT molecular complexity index is 2130. The molecule has 0 saturated heterocycles. The molecule has 0 radical (unpaired) electrons. The average Bonchev–Trinajstić information content (AvgIpc) is 3.19. The van der Waals surface area contributed by atoms with Gasteiger partial charge in [0.2, 0.25) is 0 Å². The third kappa shape index (κ3) is 6.26. The highest BCUT2D eigenvalue weighted by Gasteiger charge is 2.23. The van der Waals surface area contributed by atoms with Gasteiger partial charge in [0, 0.05) is 40.6 Å². The Kier molecular flexibility index (Phi) is 8.07. The number of hydrogen-bond donors (Lipinski definition) is 1. The molecule has 1 aliphatic heterocycles. The number of aromatic nitrogens is 2. The van der Waals surface area contributed by atoms with Gasteiger partial charge in [-0.15, -0.1) is 0 Å². The van der Waals surface area contributed by atoms with Crippen molar-refractivity contribution in [1.29, 1.82) is 0 Å². The summed E-state index contributed by atoms with van der Waals surface area (Å²) in [5.74, 6) is 1.87. The van der Waals surface area contributed by atoms with Crippen molar-refractivity contribution in [3.05, 3.63) is 192 Å². The molecule has 230 valence electrons. The zero-order valence-corrected chi connectivity index (χ0v) is 26.3. The minimum atomic E-state index is -0.446. The van der Waals surface area contributed by atoms with Crippen molar-refractivity contribution in [2.75, 3.05) is 0 Å². The van der Waals surface area contributed by atoms with Crippen LogP contribution in [0, 0.1) is 0 Å². The lowest BCUT2D eigenvalue weighted by atomic mass is 9.91. The molecule has 2 unspecified atom stereocenters. The maximum absolute atomic E-state index is 5.27. The van der Waals surface area contributed by atoms with Crippen molar-refractivity contribution >= 4 is 11.7 Å². The quantitative estimate of drug-likeness (QED) is 0.194. The molecule has 8 rings (SSSR count). The SMILES string of the molecule is C1=CCC(c2cccc(C3=NC(c4cccc(-c5ccccc5)c4)N=C(c4cc(-c5ccccn5)cc(-c5ccccn5)c4)N3)c2)C=C1. The summed E-state index contributed by atoms with van der Waals surface area (Å²) in [7, 11) is 0. The fourth-order valence-electron chi connectivity index (χ4n) is 6.27. The van der Waals surface area contributed by atoms with Gasteiger partial charge < -0.3 is 5.32 Å². The number of aliphatic imine (C=N–C) groups is 2. The van der Waals surface area contributed by atoms with Gasteiger partial charge in [-0.25, -0.2) is 9.98 Å². The summed E-state index contributed by atoms with van der Waals surface area (Å²) in [6.07, 6.45) is 12.9. The lowest BCUT2D eigenvalue weighted by Crippen LogP contribution is -2.36. The van der Waals surface area contributed by atoms with Crippen LogP contribution in [0.3, 0.4) is 0 Å². The van der Waals surface area contributed by atoms with E-state index in [0.29, 0.717) is 5.92 Å². The maximum atomic E-state index is 5.27. The van der Waals surface area contributed by atoms with E-state index in [1.165, 1.54) is 5.56 Å². The number of pyridine rings is 2. The van der Waals surface area contributed by atoms with Gasteiger partial charge in [-0.3, -0.25) is 9.97 Å². The molecule has 6 aromatic rings. The second-order valence-corrected chi connectivity index (χ2v) is 12.0. The number of benzene rings is 4. The van der Waals surface area contributed by atoms with Gasteiger partial charge in [0.15, 0.2) is 6.17 Å². The number of hydrogen-bond acceptors (Lipinski definition) is 5. The van der Waals surface area contributed by atoms with Gasteiger partial charge in [-0.05, 0) is 83.3 Å². The van der Waals surface area contributed by atoms with Gasteiger partial charge in [0.05, 0.1) is 11.4 Å². The minimum absolute atomic E-state index is 0.335. The molecule has 4 aromatic carbocycles. The molecule has 5 nitrogen and oxygen atoms in total. The van der Waals surface area contributed by atoms with Gasteiger partial charge in [-0.1, -0.05) is 103 Å². The van der Waals surface area contributed by atoms with Crippen molar-refractivity contribution < 1.29 is 0 Å². The first-order chi connectivity index (χ1) is 23.8. The van der Waals surface area contributed by atoms with Crippen LogP contribution >= 0.6 is 0 Å². The Balaban J connectivity index is 1.26. The molecule has 0 bridgehead atoms. The molecule has 0 fully saturated rings. The van der Waals surface area contributed by atoms with Crippen LogP contribution in [0.25, 0.3) is 33.6 Å². The van der Waals surface area contributed by atoms with Crippen LogP contribution in [-0.4, -0.2) is 21.6 Å². The van der Waals surface area contributed by atoms with Crippen LogP contribution in [0.5, 0.6) is 0 Å². The topological polar surface area (TPSA) is 62.5 Å². The molecule has 0 saturated carbocycles. The summed E-state index contributed by atoms with van der Waals surface area (Å²) >= 11 is 0. The van der Waals surface area contributed by atoms with Crippen LogP contribution in [0.15, 0.2) is 180 Å². The molecular formula is C43H33N5. The zero-order chi connectivity index (χ0) is 32.1. The Hall–Kier alpha value is -6.20. The molecule has 3 heterocycles. The molecule has 1 aliphatic carbocycles. The van der Waals surface area contributed by atoms with Crippen molar-refractivity contribution in [2.24, 2.45) is 9.98 Å². The van der Waals surface area contributed by atoms with E-state index in [1.54, 1.807) is 0 Å². The Morgan fingerprint density at radius 2 is 1.08 bits per heavy atom. The second-order valence-electron chi connectivity index (χ2n) is 12.0. The zero-order valence-electron chi connectivity index (χ0n) is 26.3. The van der Waals surface area contributed by atoms with Gasteiger partial charge in [-0.2, -0.15) is 0 Å². The summed E-state index contributed by atoms with van der Waals surface area (Å²) in [5, 5.41) is 3.65. The molecular weight excluding hydrogens is 587 g/mol. The average molecular weight is 620 g/mol. The first-order valence-electron chi connectivity index (χ1n) is 16.3. The van der Waals surface area contributed by atoms with E-state index in [1.807, 2.05) is 54.9 Å². The fourth-order valence-corrected chi connectivity index (χ4v) is 6.27. The van der Waals surface area contributed by atoms with E-state index < -0.39 is 6.17 Å². The smallest absolute Gasteiger partial charge is 0.169 e. The van der Waals surface area contributed by atoms with E-state index in [9.17, 15) is 0 Å². The van der Waals surface area contributed by atoms with E-state index in [-0.39, 0.29) is 0 Å². The first-order valence-corrected chi connectivity index (χ1v) is 16.3. The molecule has 1 N–H and O–H groups in total. The van der Waals surface area contributed by atoms with Crippen molar-refractivity contribution in [1.82, 2.24) is 15.3 Å². The predicted octanol–water partition coefficient (Wildman–Crippen LogP) is 9.57. The van der Waals surface area contributed by atoms with Gasteiger partial charge in [0.1, 0.15) is 11.7 Å². The molecule has 0 spiro atoms. The molecule has 48 heavy (non-hydrogen) atoms. The molecule has 5 heteroatoms. The number of amidine groups is 2. The molecule has 0 amide bonds. The summed E-state index contributed by atoms with van der Waals surface area (Å²) in [6.45, 7) is 0. The molecule has 2 aromatic heterocycles. The highest BCUT2D eigenvalue weighted by molar-refractivity contribution is 6.16. The van der Waals surface area contributed by atoms with Gasteiger partial charge >= 0.3 is 0 Å². The lowest BCUT2D eigenvalue weighted by molar-refractivity contribution is 0.756. The van der Waals surface area contributed by atoms with Gasteiger partial charge in [0.25, 0.3) is 0 Å². The third-order valence-corrected chi connectivity index (χ3v) is 8.73. The number of nitrogens with one attached hydrogen (secondary N) is 1. The number of allylic oxidation sites excluding steroid dienone is 4. The van der Waals surface area contributed by atoms with Crippen molar-refractivity contribution in [3.8, 4) is 33.6 Å². The van der Waals surface area contributed by atoms with Crippen molar-refractivity contribution in [2.45, 2.75) is 18.5 Å². The van der Waals surface area contributed by atoms with Crippen LogP contribution in [0.2, 0.25) is 0 Å². The Morgan fingerprint density at radius 1 is 0.479 bits per heavy atom. The highest BCUT2D eigenvalue weighted by atomic mass is 15.2. The Labute approximate surface area is 280 Å². The summed E-state index contributed by atoms with van der Waals surface area (Å²) in [4.78, 5) is 19.9. The largest absolute Gasteiger partial charge is 0.324 e. The molecule has 2 aliphatic rings. The second kappa shape index (κ2) is 13.3. The summed E-state index contributed by atoms with van der Waals surface area (Å²) in [6, 6.07) is 46.1. The monoisotopic (exact) mass is 619 g/mol. The third-order valence-electron chi connectivity index (χ3n) is 8.73. The molecule has 2 atom stereocenters. The summed E-state index contributed by atoms with van der Waals surface area (Å²) < 4.78 is 0. The van der Waals surface area contributed by atoms with Crippen molar-refractivity contribution in [3.63, 3.8) is 0 Å². The number of rotatable bonds is 7. The normalized spacial score (nSPS) is 16.9. The van der Waals surface area contributed by atoms with E-state index in [4.69, 9.17) is 9.98 Å². The Morgan fingerprint density at radius 3 is 1.75 bits per heavy atom. The lowest BCUT2D eigenvalue weighted by Gasteiger charge is -2.24. The maximum Gasteiger partial charge on any atom is 0.169 e. The van der Waals surface area contributed by atoms with Crippen LogP contribution in [-0.2, 0) is 0 Å². The van der Waals surface area contributed by atoms with E-state index in [0.717, 1.165) is 68.4 Å².